The van der Waals surface area contributed by atoms with Crippen molar-refractivity contribution in [3.8, 4) is 11.4 Å². The standard InChI is InChI=1S/C21H22ClN5OS/c22-17-9-7-15(8-10-17)20-24-25-21(29)27(20)14-19(28)23-13-16-5-1-2-6-18(16)26-11-3-4-12-26/h1-2,5-10H,3-4,11-14H2,(H,23,28)(H,25,29). The lowest BCUT2D eigenvalue weighted by atomic mass is 10.1. The van der Waals surface area contributed by atoms with Crippen molar-refractivity contribution >= 4 is 35.4 Å². The number of benzene rings is 2. The average molecular weight is 428 g/mol. The molecule has 0 radical (unpaired) electrons. The molecule has 0 spiro atoms. The summed E-state index contributed by atoms with van der Waals surface area (Å²) in [6, 6.07) is 15.5. The molecule has 1 saturated heterocycles. The van der Waals surface area contributed by atoms with Crippen LogP contribution >= 0.6 is 23.8 Å². The molecule has 0 saturated carbocycles. The Morgan fingerprint density at radius 3 is 2.62 bits per heavy atom. The van der Waals surface area contributed by atoms with Crippen molar-refractivity contribution < 1.29 is 4.79 Å². The van der Waals surface area contributed by atoms with Crippen molar-refractivity contribution in [2.45, 2.75) is 25.9 Å². The number of nitrogens with zero attached hydrogens (tertiary/aromatic N) is 3. The van der Waals surface area contributed by atoms with E-state index in [9.17, 15) is 4.79 Å². The number of para-hydroxylation sites is 1. The largest absolute Gasteiger partial charge is 0.371 e. The number of H-pyrrole nitrogens is 1. The van der Waals surface area contributed by atoms with Gasteiger partial charge in [-0.25, -0.2) is 0 Å². The molecule has 1 aromatic heterocycles. The van der Waals surface area contributed by atoms with E-state index in [-0.39, 0.29) is 12.5 Å². The van der Waals surface area contributed by atoms with Gasteiger partial charge in [0.1, 0.15) is 6.54 Å². The Bertz CT molecular complexity index is 1050. The van der Waals surface area contributed by atoms with Crippen molar-refractivity contribution in [2.24, 2.45) is 0 Å². The number of rotatable bonds is 6. The normalized spacial score (nSPS) is 13.6. The summed E-state index contributed by atoms with van der Waals surface area (Å²) in [6.07, 6.45) is 2.43. The van der Waals surface area contributed by atoms with Crippen LogP contribution < -0.4 is 10.2 Å². The highest BCUT2D eigenvalue weighted by Crippen LogP contribution is 2.24. The Labute approximate surface area is 179 Å². The molecule has 4 rings (SSSR count). The lowest BCUT2D eigenvalue weighted by Crippen LogP contribution is -2.28. The van der Waals surface area contributed by atoms with Gasteiger partial charge in [-0.05, 0) is 61.0 Å². The summed E-state index contributed by atoms with van der Waals surface area (Å²) in [7, 11) is 0. The average Bonchev–Trinajstić information content (AvgIpc) is 3.38. The Morgan fingerprint density at radius 2 is 1.86 bits per heavy atom. The molecule has 6 nitrogen and oxygen atoms in total. The monoisotopic (exact) mass is 427 g/mol. The van der Waals surface area contributed by atoms with Gasteiger partial charge in [0, 0.05) is 35.9 Å². The topological polar surface area (TPSA) is 66.0 Å². The number of aromatic nitrogens is 3. The van der Waals surface area contributed by atoms with Crippen molar-refractivity contribution in [1.82, 2.24) is 20.1 Å². The molecule has 2 N–H and O–H groups in total. The van der Waals surface area contributed by atoms with Crippen molar-refractivity contribution in [1.29, 1.82) is 0 Å². The third-order valence-corrected chi connectivity index (χ3v) is 5.64. The predicted molar refractivity (Wildman–Crippen MR) is 118 cm³/mol. The second-order valence-corrected chi connectivity index (χ2v) is 7.87. The van der Waals surface area contributed by atoms with Gasteiger partial charge in [0.25, 0.3) is 0 Å². The van der Waals surface area contributed by atoms with Crippen molar-refractivity contribution in [2.75, 3.05) is 18.0 Å². The van der Waals surface area contributed by atoms with Crippen LogP contribution in [0.1, 0.15) is 18.4 Å². The Morgan fingerprint density at radius 1 is 1.14 bits per heavy atom. The Kier molecular flexibility index (Phi) is 5.97. The van der Waals surface area contributed by atoms with Crippen LogP contribution in [0.3, 0.4) is 0 Å². The zero-order chi connectivity index (χ0) is 20.2. The first-order chi connectivity index (χ1) is 14.1. The quantitative estimate of drug-likeness (QED) is 0.579. The minimum Gasteiger partial charge on any atom is -0.371 e. The van der Waals surface area contributed by atoms with Crippen molar-refractivity contribution in [3.05, 3.63) is 63.9 Å². The Balaban J connectivity index is 1.46. The molecule has 0 bridgehead atoms. The molecule has 8 heteroatoms. The lowest BCUT2D eigenvalue weighted by Gasteiger charge is -2.21. The summed E-state index contributed by atoms with van der Waals surface area (Å²) in [6.45, 7) is 2.71. The second-order valence-electron chi connectivity index (χ2n) is 7.05. The maximum Gasteiger partial charge on any atom is 0.240 e. The number of aromatic amines is 1. The van der Waals surface area contributed by atoms with Gasteiger partial charge in [-0.2, -0.15) is 5.10 Å². The molecular weight excluding hydrogens is 406 g/mol. The number of halogens is 1. The van der Waals surface area contributed by atoms with Crippen LogP contribution in [0.15, 0.2) is 48.5 Å². The van der Waals surface area contributed by atoms with Gasteiger partial charge in [0.2, 0.25) is 5.91 Å². The summed E-state index contributed by atoms with van der Waals surface area (Å²) in [5, 5.41) is 10.7. The highest BCUT2D eigenvalue weighted by Gasteiger charge is 2.16. The zero-order valence-corrected chi connectivity index (χ0v) is 17.5. The second kappa shape index (κ2) is 8.80. The zero-order valence-electron chi connectivity index (χ0n) is 15.9. The van der Waals surface area contributed by atoms with Gasteiger partial charge in [-0.1, -0.05) is 29.8 Å². The summed E-state index contributed by atoms with van der Waals surface area (Å²) in [5.74, 6) is 0.494. The molecule has 0 atom stereocenters. The van der Waals surface area contributed by atoms with Gasteiger partial charge in [-0.15, -0.1) is 0 Å². The number of nitrogens with one attached hydrogen (secondary N) is 2. The summed E-state index contributed by atoms with van der Waals surface area (Å²) in [5.41, 5.74) is 3.16. The molecule has 2 heterocycles. The van der Waals surface area contributed by atoms with Crippen LogP contribution in [0.5, 0.6) is 0 Å². The molecule has 0 aliphatic carbocycles. The van der Waals surface area contributed by atoms with Crippen LogP contribution in [-0.4, -0.2) is 33.8 Å². The highest BCUT2D eigenvalue weighted by atomic mass is 35.5. The third-order valence-electron chi connectivity index (χ3n) is 5.08. The Hall–Kier alpha value is -2.64. The fourth-order valence-corrected chi connectivity index (χ4v) is 3.93. The predicted octanol–water partition coefficient (Wildman–Crippen LogP) is 4.18. The smallest absolute Gasteiger partial charge is 0.240 e. The minimum absolute atomic E-state index is 0.0964. The molecule has 1 fully saturated rings. The van der Waals surface area contributed by atoms with E-state index in [4.69, 9.17) is 23.8 Å². The minimum atomic E-state index is -0.117. The fraction of sp³-hybridized carbons (Fsp3) is 0.286. The van der Waals surface area contributed by atoms with Gasteiger partial charge < -0.3 is 10.2 Å². The lowest BCUT2D eigenvalue weighted by molar-refractivity contribution is -0.121. The maximum absolute atomic E-state index is 12.7. The molecule has 150 valence electrons. The van der Waals surface area contributed by atoms with E-state index >= 15 is 0 Å². The number of hydrogen-bond acceptors (Lipinski definition) is 4. The SMILES string of the molecule is O=C(Cn1c(-c2ccc(Cl)cc2)n[nH]c1=S)NCc1ccccc1N1CCCC1. The van der Waals surface area contributed by atoms with Crippen LogP contribution in [0.4, 0.5) is 5.69 Å². The maximum atomic E-state index is 12.7. The molecule has 1 aliphatic rings. The van der Waals surface area contributed by atoms with Gasteiger partial charge >= 0.3 is 0 Å². The summed E-state index contributed by atoms with van der Waals surface area (Å²) >= 11 is 11.3. The fourth-order valence-electron chi connectivity index (χ4n) is 3.60. The number of hydrogen-bond donors (Lipinski definition) is 2. The molecule has 0 unspecified atom stereocenters. The van der Waals surface area contributed by atoms with E-state index in [0.29, 0.717) is 22.2 Å². The first-order valence-corrected chi connectivity index (χ1v) is 10.4. The molecule has 29 heavy (non-hydrogen) atoms. The van der Waals surface area contributed by atoms with Crippen LogP contribution in [-0.2, 0) is 17.9 Å². The number of carbonyl (C=O) groups excluding carboxylic acids is 1. The third kappa shape index (κ3) is 4.52. The van der Waals surface area contributed by atoms with E-state index in [1.807, 2.05) is 24.3 Å². The van der Waals surface area contributed by atoms with E-state index in [2.05, 4.69) is 32.5 Å². The van der Waals surface area contributed by atoms with Crippen LogP contribution in [0, 0.1) is 4.77 Å². The van der Waals surface area contributed by atoms with Gasteiger partial charge in [0.15, 0.2) is 10.6 Å². The number of carbonyl (C=O) groups is 1. The molecule has 3 aromatic rings. The van der Waals surface area contributed by atoms with Crippen molar-refractivity contribution in [3.63, 3.8) is 0 Å². The van der Waals surface area contributed by atoms with Gasteiger partial charge in [-0.3, -0.25) is 14.5 Å². The van der Waals surface area contributed by atoms with Gasteiger partial charge in [0.05, 0.1) is 0 Å². The van der Waals surface area contributed by atoms with E-state index in [1.165, 1.54) is 18.5 Å². The number of amides is 1. The highest BCUT2D eigenvalue weighted by molar-refractivity contribution is 7.71. The summed E-state index contributed by atoms with van der Waals surface area (Å²) < 4.78 is 2.10. The van der Waals surface area contributed by atoms with E-state index in [0.717, 1.165) is 24.2 Å². The van der Waals surface area contributed by atoms with E-state index in [1.54, 1.807) is 16.7 Å². The molecular formula is C21H22ClN5OS. The number of anilines is 1. The van der Waals surface area contributed by atoms with Crippen LogP contribution in [0.2, 0.25) is 5.02 Å². The molecule has 1 aliphatic heterocycles. The van der Waals surface area contributed by atoms with E-state index < -0.39 is 0 Å². The molecule has 2 aromatic carbocycles. The first kappa shape index (κ1) is 19.7. The summed E-state index contributed by atoms with van der Waals surface area (Å²) in [4.78, 5) is 15.0. The molecule has 1 amide bonds. The first-order valence-electron chi connectivity index (χ1n) is 9.62. The van der Waals surface area contributed by atoms with Crippen LogP contribution in [0.25, 0.3) is 11.4 Å².